The summed E-state index contributed by atoms with van der Waals surface area (Å²) in [7, 11) is 2.02. The van der Waals surface area contributed by atoms with Crippen LogP contribution in [-0.2, 0) is 0 Å². The normalized spacial score (nSPS) is 13.2. The van der Waals surface area contributed by atoms with Gasteiger partial charge in [-0.05, 0) is 40.2 Å². The molecule has 0 amide bonds. The monoisotopic (exact) mass is 279 g/mol. The zero-order valence-corrected chi connectivity index (χ0v) is 11.1. The second-order valence-electron chi connectivity index (χ2n) is 2.63. The van der Waals surface area contributed by atoms with Gasteiger partial charge in [0.15, 0.2) is 0 Å². The molecule has 0 aromatic carbocycles. The van der Waals surface area contributed by atoms with Gasteiger partial charge in [0.2, 0.25) is 0 Å². The van der Waals surface area contributed by atoms with E-state index in [1.807, 2.05) is 30.1 Å². The first-order valence-electron chi connectivity index (χ1n) is 4.27. The van der Waals surface area contributed by atoms with Crippen molar-refractivity contribution < 1.29 is 0 Å². The molecule has 0 aliphatic heterocycles. The minimum absolute atomic E-state index is 0.485. The van der Waals surface area contributed by atoms with Crippen LogP contribution >= 0.6 is 39.0 Å². The largest absolute Gasteiger partial charge is 0.312 e. The predicted octanol–water partition coefficient (Wildman–Crippen LogP) is 3.52. The molecule has 4 heteroatoms. The maximum atomic E-state index is 3.56. The van der Waals surface area contributed by atoms with Crippen molar-refractivity contribution in [2.24, 2.45) is 0 Å². The summed E-state index contributed by atoms with van der Waals surface area (Å²) in [6.45, 7) is 2.20. The lowest BCUT2D eigenvalue weighted by Gasteiger charge is -2.14. The van der Waals surface area contributed by atoms with Crippen LogP contribution in [0.3, 0.4) is 0 Å². The Kier molecular flexibility index (Phi) is 5.39. The van der Waals surface area contributed by atoms with E-state index in [4.69, 9.17) is 0 Å². The summed E-state index contributed by atoms with van der Waals surface area (Å²) in [5.74, 6) is 2.33. The van der Waals surface area contributed by atoms with E-state index in [1.54, 1.807) is 0 Å². The van der Waals surface area contributed by atoms with Gasteiger partial charge in [-0.3, -0.25) is 0 Å². The van der Waals surface area contributed by atoms with Crippen LogP contribution in [0.15, 0.2) is 15.9 Å². The van der Waals surface area contributed by atoms with Crippen LogP contribution < -0.4 is 5.32 Å². The first-order valence-corrected chi connectivity index (χ1v) is 7.10. The number of thiophene rings is 1. The van der Waals surface area contributed by atoms with Crippen LogP contribution in [0.2, 0.25) is 0 Å². The molecule has 0 radical (unpaired) electrons. The Balaban J connectivity index is 2.61. The molecule has 74 valence electrons. The summed E-state index contributed by atoms with van der Waals surface area (Å²) in [4.78, 5) is 1.41. The van der Waals surface area contributed by atoms with Crippen LogP contribution in [-0.4, -0.2) is 18.6 Å². The van der Waals surface area contributed by atoms with Gasteiger partial charge in [0, 0.05) is 15.1 Å². The van der Waals surface area contributed by atoms with Gasteiger partial charge in [0.05, 0.1) is 6.04 Å². The molecule has 1 unspecified atom stereocenters. The van der Waals surface area contributed by atoms with Crippen LogP contribution in [0.25, 0.3) is 0 Å². The number of hydrogen-bond acceptors (Lipinski definition) is 3. The van der Waals surface area contributed by atoms with E-state index in [2.05, 4.69) is 39.6 Å². The second-order valence-corrected chi connectivity index (χ2v) is 5.75. The van der Waals surface area contributed by atoms with E-state index >= 15 is 0 Å². The summed E-state index contributed by atoms with van der Waals surface area (Å²) in [5, 5.41) is 5.47. The Bertz CT molecular complexity index is 250. The summed E-state index contributed by atoms with van der Waals surface area (Å²) in [6, 6.07) is 2.60. The summed E-state index contributed by atoms with van der Waals surface area (Å²) in [6.07, 6.45) is 0. The number of hydrogen-bond donors (Lipinski definition) is 1. The van der Waals surface area contributed by atoms with Gasteiger partial charge in [0.25, 0.3) is 0 Å². The lowest BCUT2D eigenvalue weighted by atomic mass is 10.3. The Morgan fingerprint density at radius 3 is 2.92 bits per heavy atom. The van der Waals surface area contributed by atoms with Crippen molar-refractivity contribution in [3.05, 3.63) is 20.8 Å². The van der Waals surface area contributed by atoms with Crippen molar-refractivity contribution in [2.75, 3.05) is 18.6 Å². The average molecular weight is 280 g/mol. The third-order valence-corrected chi connectivity index (χ3v) is 4.76. The molecular formula is C9H14BrNS2. The van der Waals surface area contributed by atoms with Crippen LogP contribution in [0.1, 0.15) is 17.8 Å². The molecule has 0 saturated carbocycles. The molecule has 1 rings (SSSR count). The van der Waals surface area contributed by atoms with Crippen molar-refractivity contribution >= 4 is 39.0 Å². The first kappa shape index (κ1) is 11.6. The fraction of sp³-hybridized carbons (Fsp3) is 0.556. The summed E-state index contributed by atoms with van der Waals surface area (Å²) < 4.78 is 1.23. The molecule has 0 aliphatic rings. The second kappa shape index (κ2) is 6.06. The smallest absolute Gasteiger partial charge is 0.0515 e. The molecule has 0 aliphatic carbocycles. The Hall–Kier alpha value is 0.490. The van der Waals surface area contributed by atoms with E-state index in [-0.39, 0.29) is 0 Å². The maximum Gasteiger partial charge on any atom is 0.0515 e. The Morgan fingerprint density at radius 1 is 1.69 bits per heavy atom. The van der Waals surface area contributed by atoms with E-state index in [0.717, 1.165) is 5.75 Å². The van der Waals surface area contributed by atoms with Crippen molar-refractivity contribution in [2.45, 2.75) is 13.0 Å². The minimum Gasteiger partial charge on any atom is -0.312 e. The quantitative estimate of drug-likeness (QED) is 0.885. The van der Waals surface area contributed by atoms with Crippen molar-refractivity contribution in [1.82, 2.24) is 5.32 Å². The van der Waals surface area contributed by atoms with Crippen molar-refractivity contribution in [3.8, 4) is 0 Å². The zero-order chi connectivity index (χ0) is 9.68. The predicted molar refractivity (Wildman–Crippen MR) is 66.8 cm³/mol. The maximum absolute atomic E-state index is 3.56. The van der Waals surface area contributed by atoms with Gasteiger partial charge < -0.3 is 5.32 Å². The molecule has 1 aromatic heterocycles. The third-order valence-electron chi connectivity index (χ3n) is 1.80. The molecule has 0 bridgehead atoms. The standard InChI is InChI=1S/C9H14BrNS2/c1-3-12-6-8(11-2)9-7(10)4-5-13-9/h4-5,8,11H,3,6H2,1-2H3. The molecule has 13 heavy (non-hydrogen) atoms. The molecule has 0 fully saturated rings. The highest BCUT2D eigenvalue weighted by atomic mass is 79.9. The fourth-order valence-electron chi connectivity index (χ4n) is 1.08. The van der Waals surface area contributed by atoms with Gasteiger partial charge in [0.1, 0.15) is 0 Å². The highest BCUT2D eigenvalue weighted by Crippen LogP contribution is 2.30. The van der Waals surface area contributed by atoms with Gasteiger partial charge >= 0.3 is 0 Å². The fourth-order valence-corrected chi connectivity index (χ4v) is 3.75. The first-order chi connectivity index (χ1) is 6.29. The van der Waals surface area contributed by atoms with Crippen LogP contribution in [0.5, 0.6) is 0 Å². The Labute approximate surface area is 96.4 Å². The molecule has 0 saturated heterocycles. The number of thioether (sulfide) groups is 1. The molecular weight excluding hydrogens is 266 g/mol. The minimum atomic E-state index is 0.485. The highest BCUT2D eigenvalue weighted by molar-refractivity contribution is 9.10. The van der Waals surface area contributed by atoms with Gasteiger partial charge in [-0.2, -0.15) is 11.8 Å². The van der Waals surface area contributed by atoms with Gasteiger partial charge in [-0.15, -0.1) is 11.3 Å². The molecule has 1 aromatic rings. The van der Waals surface area contributed by atoms with E-state index in [0.29, 0.717) is 6.04 Å². The molecule has 1 heterocycles. The van der Waals surface area contributed by atoms with E-state index < -0.39 is 0 Å². The van der Waals surface area contributed by atoms with E-state index in [1.165, 1.54) is 15.1 Å². The SMILES string of the molecule is CCSCC(NC)c1sccc1Br. The van der Waals surface area contributed by atoms with Crippen LogP contribution in [0, 0.1) is 0 Å². The van der Waals surface area contributed by atoms with Crippen LogP contribution in [0.4, 0.5) is 0 Å². The number of halogens is 1. The lowest BCUT2D eigenvalue weighted by Crippen LogP contribution is -2.18. The van der Waals surface area contributed by atoms with Gasteiger partial charge in [-0.1, -0.05) is 6.92 Å². The molecule has 1 nitrogen and oxygen atoms in total. The van der Waals surface area contributed by atoms with Crippen molar-refractivity contribution in [1.29, 1.82) is 0 Å². The topological polar surface area (TPSA) is 12.0 Å². The number of nitrogens with one attached hydrogen (secondary N) is 1. The summed E-state index contributed by atoms with van der Waals surface area (Å²) >= 11 is 7.34. The summed E-state index contributed by atoms with van der Waals surface area (Å²) in [5.41, 5.74) is 0. The molecule has 0 spiro atoms. The highest BCUT2D eigenvalue weighted by Gasteiger charge is 2.13. The number of rotatable bonds is 5. The molecule has 1 atom stereocenters. The van der Waals surface area contributed by atoms with E-state index in [9.17, 15) is 0 Å². The van der Waals surface area contributed by atoms with Gasteiger partial charge in [-0.25, -0.2) is 0 Å². The zero-order valence-electron chi connectivity index (χ0n) is 7.84. The third kappa shape index (κ3) is 3.27. The molecule has 1 N–H and O–H groups in total. The van der Waals surface area contributed by atoms with Crippen molar-refractivity contribution in [3.63, 3.8) is 0 Å². The lowest BCUT2D eigenvalue weighted by molar-refractivity contribution is 0.671. The Morgan fingerprint density at radius 2 is 2.46 bits per heavy atom. The average Bonchev–Trinajstić information content (AvgIpc) is 2.54.